The number of benzene rings is 1. The maximum absolute atomic E-state index is 10.4. The second-order valence-corrected chi connectivity index (χ2v) is 5.46. The smallest absolute Gasteiger partial charge is 0.312 e. The van der Waals surface area contributed by atoms with E-state index < -0.39 is 30.6 Å². The van der Waals surface area contributed by atoms with Gasteiger partial charge in [-0.25, -0.2) is 0 Å². The summed E-state index contributed by atoms with van der Waals surface area (Å²) in [6.07, 6.45) is -3.00. The molecule has 22 heavy (non-hydrogen) atoms. The Morgan fingerprint density at radius 1 is 1.18 bits per heavy atom. The number of hydrogen-bond acceptors (Lipinski definition) is 6. The summed E-state index contributed by atoms with van der Waals surface area (Å²) in [6, 6.07) is 9.43. The summed E-state index contributed by atoms with van der Waals surface area (Å²) in [5, 5.41) is 10.4. The van der Waals surface area contributed by atoms with Gasteiger partial charge in [0.2, 0.25) is 0 Å². The third kappa shape index (κ3) is 2.56. The van der Waals surface area contributed by atoms with Crippen molar-refractivity contribution < 1.29 is 28.8 Å². The maximum atomic E-state index is 10.4. The van der Waals surface area contributed by atoms with Crippen molar-refractivity contribution in [2.24, 2.45) is 0 Å². The van der Waals surface area contributed by atoms with E-state index in [2.05, 4.69) is 0 Å². The molecule has 1 unspecified atom stereocenters. The van der Waals surface area contributed by atoms with E-state index in [-0.39, 0.29) is 6.10 Å². The van der Waals surface area contributed by atoms with Gasteiger partial charge in [0.25, 0.3) is 0 Å². The van der Waals surface area contributed by atoms with Gasteiger partial charge < -0.3 is 28.8 Å². The van der Waals surface area contributed by atoms with Crippen LogP contribution in [0, 0.1) is 0 Å². The van der Waals surface area contributed by atoms with Gasteiger partial charge in [0.1, 0.15) is 18.3 Å². The monoisotopic (exact) mass is 310 g/mol. The number of ether oxygens (including phenoxy) is 5. The van der Waals surface area contributed by atoms with Crippen molar-refractivity contribution in [1.82, 2.24) is 0 Å². The van der Waals surface area contributed by atoms with Gasteiger partial charge in [-0.3, -0.25) is 0 Å². The van der Waals surface area contributed by atoms with Gasteiger partial charge in [-0.1, -0.05) is 30.3 Å². The van der Waals surface area contributed by atoms with Gasteiger partial charge in [-0.15, -0.1) is 0 Å². The summed E-state index contributed by atoms with van der Waals surface area (Å²) >= 11 is 0. The SMILES string of the molecule is CCOC1(c2ccccc2)O[C@H]2[C@H](O)[C@H](OC)O[C@@H](C)[C@H]2O1. The van der Waals surface area contributed by atoms with Crippen LogP contribution in [0.3, 0.4) is 0 Å². The second kappa shape index (κ2) is 6.23. The summed E-state index contributed by atoms with van der Waals surface area (Å²) in [5.74, 6) is -1.33. The summed E-state index contributed by atoms with van der Waals surface area (Å²) in [5.41, 5.74) is 0.750. The highest BCUT2D eigenvalue weighted by Crippen LogP contribution is 2.44. The molecule has 0 spiro atoms. The van der Waals surface area contributed by atoms with Crippen molar-refractivity contribution in [3.05, 3.63) is 35.9 Å². The molecule has 2 fully saturated rings. The number of methoxy groups -OCH3 is 1. The van der Waals surface area contributed by atoms with Gasteiger partial charge in [-0.05, 0) is 13.8 Å². The number of rotatable bonds is 4. The summed E-state index contributed by atoms with van der Waals surface area (Å²) in [4.78, 5) is 0. The second-order valence-electron chi connectivity index (χ2n) is 5.46. The van der Waals surface area contributed by atoms with E-state index in [4.69, 9.17) is 23.7 Å². The molecule has 1 aromatic carbocycles. The Morgan fingerprint density at radius 3 is 2.50 bits per heavy atom. The number of hydrogen-bond donors (Lipinski definition) is 1. The highest BCUT2D eigenvalue weighted by atomic mass is 16.9. The van der Waals surface area contributed by atoms with Crippen molar-refractivity contribution in [3.63, 3.8) is 0 Å². The zero-order valence-electron chi connectivity index (χ0n) is 13.0. The van der Waals surface area contributed by atoms with Crippen molar-refractivity contribution in [2.45, 2.75) is 50.5 Å². The minimum Gasteiger partial charge on any atom is -0.385 e. The molecule has 2 aliphatic heterocycles. The van der Waals surface area contributed by atoms with Crippen LogP contribution in [0.1, 0.15) is 19.4 Å². The van der Waals surface area contributed by atoms with Crippen LogP contribution in [0.15, 0.2) is 30.3 Å². The Bertz CT molecular complexity index is 495. The quantitative estimate of drug-likeness (QED) is 0.906. The number of aliphatic hydroxyl groups is 1. The molecular formula is C16H22O6. The Morgan fingerprint density at radius 2 is 1.86 bits per heavy atom. The lowest BCUT2D eigenvalue weighted by Crippen LogP contribution is -2.55. The molecule has 6 atom stereocenters. The first-order valence-corrected chi connectivity index (χ1v) is 7.52. The summed E-state index contributed by atoms with van der Waals surface area (Å²) < 4.78 is 28.7. The molecule has 1 aromatic rings. The van der Waals surface area contributed by atoms with Crippen LogP contribution >= 0.6 is 0 Å². The van der Waals surface area contributed by atoms with Crippen molar-refractivity contribution in [3.8, 4) is 0 Å². The third-order valence-electron chi connectivity index (χ3n) is 4.03. The lowest BCUT2D eigenvalue weighted by molar-refractivity contribution is -0.355. The van der Waals surface area contributed by atoms with Crippen LogP contribution < -0.4 is 0 Å². The van der Waals surface area contributed by atoms with Crippen LogP contribution in [0.25, 0.3) is 0 Å². The van der Waals surface area contributed by atoms with Gasteiger partial charge in [0.15, 0.2) is 6.29 Å². The first kappa shape index (κ1) is 15.9. The van der Waals surface area contributed by atoms with Crippen LogP contribution in [-0.2, 0) is 29.7 Å². The molecule has 6 nitrogen and oxygen atoms in total. The van der Waals surface area contributed by atoms with Gasteiger partial charge in [0, 0.05) is 19.3 Å². The van der Waals surface area contributed by atoms with Crippen molar-refractivity contribution in [1.29, 1.82) is 0 Å². The van der Waals surface area contributed by atoms with Gasteiger partial charge >= 0.3 is 5.97 Å². The average molecular weight is 310 g/mol. The Balaban J connectivity index is 1.92. The predicted molar refractivity (Wildman–Crippen MR) is 76.8 cm³/mol. The average Bonchev–Trinajstić information content (AvgIpc) is 2.94. The Kier molecular flexibility index (Phi) is 4.49. The highest BCUT2D eigenvalue weighted by molar-refractivity contribution is 5.20. The zero-order chi connectivity index (χ0) is 15.7. The van der Waals surface area contributed by atoms with E-state index in [1.54, 1.807) is 0 Å². The molecule has 3 rings (SSSR count). The molecule has 2 aliphatic rings. The molecule has 0 aliphatic carbocycles. The zero-order valence-corrected chi connectivity index (χ0v) is 13.0. The Hall–Kier alpha value is -1.02. The van der Waals surface area contributed by atoms with E-state index in [1.165, 1.54) is 7.11 Å². The van der Waals surface area contributed by atoms with Gasteiger partial charge in [0.05, 0.1) is 6.10 Å². The summed E-state index contributed by atoms with van der Waals surface area (Å²) in [6.45, 7) is 4.15. The minimum absolute atomic E-state index is 0.288. The fourth-order valence-electron chi connectivity index (χ4n) is 2.99. The van der Waals surface area contributed by atoms with E-state index in [1.807, 2.05) is 44.2 Å². The lowest BCUT2D eigenvalue weighted by atomic mass is 10.0. The molecule has 1 N–H and O–H groups in total. The van der Waals surface area contributed by atoms with Crippen LogP contribution in [-0.4, -0.2) is 49.5 Å². The van der Waals surface area contributed by atoms with E-state index in [0.29, 0.717) is 6.61 Å². The standard InChI is InChI=1S/C16H22O6/c1-4-19-16(11-8-6-5-7-9-11)21-13-10(2)20-15(18-3)12(17)14(13)22-16/h5-10,12-15,17H,4H2,1-3H3/t10-,12-,13+,14-,15+,16?/m0/s1. The molecule has 0 amide bonds. The first-order chi connectivity index (χ1) is 10.6. The van der Waals surface area contributed by atoms with Crippen molar-refractivity contribution >= 4 is 0 Å². The van der Waals surface area contributed by atoms with Crippen LogP contribution in [0.5, 0.6) is 0 Å². The molecule has 0 aromatic heterocycles. The topological polar surface area (TPSA) is 66.4 Å². The fraction of sp³-hybridized carbons (Fsp3) is 0.625. The number of fused-ring (bicyclic) bond motifs is 1. The molecule has 6 heteroatoms. The fourth-order valence-corrected chi connectivity index (χ4v) is 2.99. The molecule has 0 saturated carbocycles. The number of aliphatic hydroxyl groups excluding tert-OH is 1. The highest BCUT2D eigenvalue weighted by Gasteiger charge is 2.58. The maximum Gasteiger partial charge on any atom is 0.312 e. The van der Waals surface area contributed by atoms with Crippen molar-refractivity contribution in [2.75, 3.05) is 13.7 Å². The third-order valence-corrected chi connectivity index (χ3v) is 4.03. The molecule has 2 saturated heterocycles. The molecular weight excluding hydrogens is 288 g/mol. The largest absolute Gasteiger partial charge is 0.385 e. The molecule has 122 valence electrons. The molecule has 2 heterocycles. The molecule has 0 radical (unpaired) electrons. The lowest BCUT2D eigenvalue weighted by Gasteiger charge is -2.37. The van der Waals surface area contributed by atoms with Crippen LogP contribution in [0.2, 0.25) is 0 Å². The van der Waals surface area contributed by atoms with E-state index in [0.717, 1.165) is 5.56 Å². The molecule has 0 bridgehead atoms. The van der Waals surface area contributed by atoms with Gasteiger partial charge in [-0.2, -0.15) is 0 Å². The first-order valence-electron chi connectivity index (χ1n) is 7.52. The van der Waals surface area contributed by atoms with E-state index >= 15 is 0 Å². The minimum atomic E-state index is -1.33. The van der Waals surface area contributed by atoms with E-state index in [9.17, 15) is 5.11 Å². The predicted octanol–water partition coefficient (Wildman–Crippen LogP) is 1.37. The van der Waals surface area contributed by atoms with Crippen LogP contribution in [0.4, 0.5) is 0 Å². The summed E-state index contributed by atoms with van der Waals surface area (Å²) in [7, 11) is 1.49. The normalized spacial score (nSPS) is 41.4. The Labute approximate surface area is 129 Å².